The van der Waals surface area contributed by atoms with Crippen LogP contribution in [0.4, 0.5) is 0 Å². The van der Waals surface area contributed by atoms with Crippen molar-refractivity contribution in [2.24, 2.45) is 5.92 Å². The summed E-state index contributed by atoms with van der Waals surface area (Å²) in [4.78, 5) is 2.30. The van der Waals surface area contributed by atoms with Gasteiger partial charge in [-0.05, 0) is 33.0 Å². The fourth-order valence-electron chi connectivity index (χ4n) is 4.46. The molecule has 150 valence electrons. The first kappa shape index (κ1) is 23.0. The molecule has 0 radical (unpaired) electrons. The molecule has 0 heterocycles. The van der Waals surface area contributed by atoms with E-state index in [1.165, 1.54) is 135 Å². The Hall–Kier alpha value is -0.0400. The molecule has 1 aliphatic rings. The predicted molar refractivity (Wildman–Crippen MR) is 114 cm³/mol. The zero-order valence-corrected chi connectivity index (χ0v) is 17.9. The summed E-state index contributed by atoms with van der Waals surface area (Å²) >= 11 is 0. The quantitative estimate of drug-likeness (QED) is 0.240. The second-order valence-corrected chi connectivity index (χ2v) is 9.05. The molecule has 0 aromatic heterocycles. The Morgan fingerprint density at radius 3 is 1.36 bits per heavy atom. The Balaban J connectivity index is 1.66. The second-order valence-electron chi connectivity index (χ2n) is 9.05. The molecule has 1 saturated carbocycles. The zero-order valence-electron chi connectivity index (χ0n) is 17.9. The summed E-state index contributed by atoms with van der Waals surface area (Å²) in [6.07, 6.45) is 29.8. The van der Waals surface area contributed by atoms with Crippen molar-refractivity contribution in [1.29, 1.82) is 0 Å². The lowest BCUT2D eigenvalue weighted by atomic mass is 9.85. The topological polar surface area (TPSA) is 3.24 Å². The van der Waals surface area contributed by atoms with E-state index in [-0.39, 0.29) is 0 Å². The number of unbranched alkanes of at least 4 members (excludes halogenated alkanes) is 13. The first-order valence-corrected chi connectivity index (χ1v) is 11.9. The van der Waals surface area contributed by atoms with Crippen molar-refractivity contribution >= 4 is 0 Å². The van der Waals surface area contributed by atoms with E-state index in [4.69, 9.17) is 0 Å². The van der Waals surface area contributed by atoms with Gasteiger partial charge in [0.05, 0.1) is 0 Å². The van der Waals surface area contributed by atoms with Crippen LogP contribution in [-0.4, -0.2) is 25.5 Å². The van der Waals surface area contributed by atoms with E-state index in [2.05, 4.69) is 19.0 Å². The molecule has 0 bridgehead atoms. The first-order valence-electron chi connectivity index (χ1n) is 11.9. The average molecular weight is 352 g/mol. The fraction of sp³-hybridized carbons (Fsp3) is 1.00. The highest BCUT2D eigenvalue weighted by molar-refractivity contribution is 4.65. The van der Waals surface area contributed by atoms with Crippen molar-refractivity contribution in [1.82, 2.24) is 4.90 Å². The minimum Gasteiger partial charge on any atom is -0.309 e. The van der Waals surface area contributed by atoms with Crippen LogP contribution < -0.4 is 0 Å². The van der Waals surface area contributed by atoms with Crippen LogP contribution in [0.25, 0.3) is 0 Å². The maximum absolute atomic E-state index is 2.30. The van der Waals surface area contributed by atoms with Gasteiger partial charge in [0.1, 0.15) is 0 Å². The normalized spacial score (nSPS) is 16.0. The summed E-state index contributed by atoms with van der Waals surface area (Å²) in [7, 11) is 4.36. The molecule has 0 aromatic rings. The van der Waals surface area contributed by atoms with Crippen LogP contribution in [0.5, 0.6) is 0 Å². The highest BCUT2D eigenvalue weighted by atomic mass is 15.0. The van der Waals surface area contributed by atoms with Crippen molar-refractivity contribution in [2.75, 3.05) is 20.6 Å². The molecule has 1 fully saturated rings. The minimum absolute atomic E-state index is 1.10. The van der Waals surface area contributed by atoms with E-state index in [1.807, 2.05) is 0 Å². The second kappa shape index (κ2) is 17.4. The number of hydrogen-bond acceptors (Lipinski definition) is 1. The molecule has 1 heteroatoms. The van der Waals surface area contributed by atoms with E-state index in [0.29, 0.717) is 0 Å². The van der Waals surface area contributed by atoms with Crippen LogP contribution in [-0.2, 0) is 0 Å². The Morgan fingerprint density at radius 2 is 0.920 bits per heavy atom. The molecule has 1 aliphatic carbocycles. The molecular formula is C24H49N. The molecule has 0 aliphatic heterocycles. The minimum atomic E-state index is 1.10. The molecular weight excluding hydrogens is 302 g/mol. The van der Waals surface area contributed by atoms with Crippen LogP contribution >= 0.6 is 0 Å². The molecule has 0 saturated heterocycles. The highest BCUT2D eigenvalue weighted by Crippen LogP contribution is 2.28. The molecule has 25 heavy (non-hydrogen) atoms. The summed E-state index contributed by atoms with van der Waals surface area (Å²) in [5.41, 5.74) is 0. The summed E-state index contributed by atoms with van der Waals surface area (Å²) in [6, 6.07) is 0. The number of rotatable bonds is 17. The van der Waals surface area contributed by atoms with Gasteiger partial charge in [-0.1, -0.05) is 122 Å². The molecule has 0 unspecified atom stereocenters. The van der Waals surface area contributed by atoms with Gasteiger partial charge in [-0.2, -0.15) is 0 Å². The van der Waals surface area contributed by atoms with E-state index >= 15 is 0 Å². The van der Waals surface area contributed by atoms with Gasteiger partial charge in [0.25, 0.3) is 0 Å². The van der Waals surface area contributed by atoms with E-state index < -0.39 is 0 Å². The van der Waals surface area contributed by atoms with Gasteiger partial charge in [0.2, 0.25) is 0 Å². The maximum Gasteiger partial charge on any atom is -0.00248 e. The van der Waals surface area contributed by atoms with Crippen LogP contribution in [0.3, 0.4) is 0 Å². The summed E-state index contributed by atoms with van der Waals surface area (Å²) in [6.45, 7) is 1.26. The molecule has 0 atom stereocenters. The molecule has 1 rings (SSSR count). The Morgan fingerprint density at radius 1 is 0.520 bits per heavy atom. The highest BCUT2D eigenvalue weighted by Gasteiger charge is 2.12. The maximum atomic E-state index is 2.30. The van der Waals surface area contributed by atoms with Crippen LogP contribution in [0, 0.1) is 5.92 Å². The van der Waals surface area contributed by atoms with Gasteiger partial charge in [-0.25, -0.2) is 0 Å². The standard InChI is InChI=1S/C24H49N/c1-25(2)23-19-14-12-10-8-6-4-3-5-7-9-11-13-16-20-24-21-17-15-18-22-24/h24H,3-23H2,1-2H3. The van der Waals surface area contributed by atoms with E-state index in [9.17, 15) is 0 Å². The van der Waals surface area contributed by atoms with Crippen LogP contribution in [0.2, 0.25) is 0 Å². The molecule has 0 spiro atoms. The molecule has 1 nitrogen and oxygen atoms in total. The third-order valence-electron chi connectivity index (χ3n) is 6.19. The summed E-state index contributed by atoms with van der Waals surface area (Å²) < 4.78 is 0. The average Bonchev–Trinajstić information content (AvgIpc) is 2.62. The van der Waals surface area contributed by atoms with Crippen molar-refractivity contribution in [3.63, 3.8) is 0 Å². The lowest BCUT2D eigenvalue weighted by Crippen LogP contribution is -2.12. The third kappa shape index (κ3) is 15.9. The van der Waals surface area contributed by atoms with Crippen LogP contribution in [0.15, 0.2) is 0 Å². The number of nitrogens with zero attached hydrogens (tertiary/aromatic N) is 1. The monoisotopic (exact) mass is 351 g/mol. The summed E-state index contributed by atoms with van der Waals surface area (Å²) in [5.74, 6) is 1.10. The van der Waals surface area contributed by atoms with Gasteiger partial charge in [0.15, 0.2) is 0 Å². The summed E-state index contributed by atoms with van der Waals surface area (Å²) in [5, 5.41) is 0. The van der Waals surface area contributed by atoms with E-state index in [1.54, 1.807) is 0 Å². The smallest absolute Gasteiger partial charge is 0.00248 e. The van der Waals surface area contributed by atoms with Gasteiger partial charge >= 0.3 is 0 Å². The number of hydrogen-bond donors (Lipinski definition) is 0. The first-order chi connectivity index (χ1) is 12.3. The lowest BCUT2D eigenvalue weighted by Gasteiger charge is -2.21. The van der Waals surface area contributed by atoms with Crippen molar-refractivity contribution in [3.8, 4) is 0 Å². The molecule has 0 amide bonds. The lowest BCUT2D eigenvalue weighted by molar-refractivity contribution is 0.328. The molecule has 0 N–H and O–H groups in total. The zero-order chi connectivity index (χ0) is 18.0. The third-order valence-corrected chi connectivity index (χ3v) is 6.19. The van der Waals surface area contributed by atoms with Gasteiger partial charge in [-0.3, -0.25) is 0 Å². The predicted octanol–water partition coefficient (Wildman–Crippen LogP) is 7.98. The van der Waals surface area contributed by atoms with E-state index in [0.717, 1.165) is 5.92 Å². The van der Waals surface area contributed by atoms with Gasteiger partial charge < -0.3 is 4.90 Å². The van der Waals surface area contributed by atoms with Crippen molar-refractivity contribution in [2.45, 2.75) is 128 Å². The van der Waals surface area contributed by atoms with Crippen molar-refractivity contribution < 1.29 is 0 Å². The van der Waals surface area contributed by atoms with Gasteiger partial charge in [0, 0.05) is 0 Å². The Labute approximate surface area is 160 Å². The molecule has 0 aromatic carbocycles. The Kier molecular flexibility index (Phi) is 16.0. The SMILES string of the molecule is CN(C)CCCCCCCCCCCCCCCCC1CCCCC1. The van der Waals surface area contributed by atoms with Crippen molar-refractivity contribution in [3.05, 3.63) is 0 Å². The van der Waals surface area contributed by atoms with Crippen LogP contribution in [0.1, 0.15) is 128 Å². The Bertz CT molecular complexity index is 255. The fourth-order valence-corrected chi connectivity index (χ4v) is 4.46. The largest absolute Gasteiger partial charge is 0.309 e. The van der Waals surface area contributed by atoms with Gasteiger partial charge in [-0.15, -0.1) is 0 Å².